The number of allylic oxidation sites excluding steroid dienone is 2. The van der Waals surface area contributed by atoms with E-state index in [2.05, 4.69) is 47.5 Å². The van der Waals surface area contributed by atoms with Gasteiger partial charge in [0.2, 0.25) is 0 Å². The molecule has 1 aromatic heterocycles. The fourth-order valence-electron chi connectivity index (χ4n) is 4.27. The van der Waals surface area contributed by atoms with Gasteiger partial charge in [0, 0.05) is 25.6 Å². The Labute approximate surface area is 324 Å². The van der Waals surface area contributed by atoms with Crippen LogP contribution < -0.4 is 16.0 Å². The minimum Gasteiger partial charge on any atom is -0.466 e. The van der Waals surface area contributed by atoms with Crippen LogP contribution in [0.5, 0.6) is 0 Å². The fourth-order valence-corrected chi connectivity index (χ4v) is 6.47. The number of unbranched alkanes of at least 4 members (excludes halogenated alkanes) is 4. The predicted octanol–water partition coefficient (Wildman–Crippen LogP) is 7.06. The van der Waals surface area contributed by atoms with E-state index in [4.69, 9.17) is 14.2 Å². The number of carbonyl (C=O) groups is 6. The summed E-state index contributed by atoms with van der Waals surface area (Å²) in [7, 11) is -1.43. The third-order valence-electron chi connectivity index (χ3n) is 7.18. The molecule has 1 aromatic rings. The van der Waals surface area contributed by atoms with Crippen LogP contribution in [0.3, 0.4) is 0 Å². The van der Waals surface area contributed by atoms with Crippen molar-refractivity contribution >= 4 is 66.1 Å². The van der Waals surface area contributed by atoms with Gasteiger partial charge >= 0.3 is 18.0 Å². The third kappa shape index (κ3) is 23.0. The molecule has 1 rings (SSSR count). The first kappa shape index (κ1) is 47.5. The van der Waals surface area contributed by atoms with Crippen molar-refractivity contribution in [1.82, 2.24) is 20.9 Å². The molecule has 0 radical (unpaired) electrons. The fraction of sp³-hybridized carbons (Fsp3) is 0.649. The van der Waals surface area contributed by atoms with E-state index in [9.17, 15) is 28.8 Å². The minimum absolute atomic E-state index is 0.0344. The number of hydrogen-bond donors (Lipinski definition) is 3. The number of rotatable bonds is 23. The summed E-state index contributed by atoms with van der Waals surface area (Å²) in [5.74, 6) is -2.15. The van der Waals surface area contributed by atoms with Crippen molar-refractivity contribution in [2.75, 3.05) is 12.4 Å². The number of ether oxygens (including phenoxy) is 3. The van der Waals surface area contributed by atoms with Crippen molar-refractivity contribution in [2.24, 2.45) is 0 Å². The third-order valence-corrected chi connectivity index (χ3v) is 10.7. The van der Waals surface area contributed by atoms with Crippen LogP contribution in [0.4, 0.5) is 4.79 Å². The van der Waals surface area contributed by atoms with E-state index in [-0.39, 0.29) is 36.1 Å². The highest BCUT2D eigenvalue weighted by Crippen LogP contribution is 2.15. The number of carbonyl (C=O) groups excluding carboxylic acids is 6. The Hall–Kier alpha value is -3.50. The van der Waals surface area contributed by atoms with E-state index in [1.165, 1.54) is 36.6 Å². The highest BCUT2D eigenvalue weighted by molar-refractivity contribution is 8.13. The first-order valence-electron chi connectivity index (χ1n) is 18.2. The molecule has 0 spiro atoms. The number of thioether (sulfide) groups is 1. The van der Waals surface area contributed by atoms with Gasteiger partial charge in [0.1, 0.15) is 34.1 Å². The lowest BCUT2D eigenvalue weighted by molar-refractivity contribution is -0.154. The lowest BCUT2D eigenvalue weighted by Gasteiger charge is -2.19. The molecule has 0 fully saturated rings. The monoisotopic (exact) mass is 796 g/mol. The van der Waals surface area contributed by atoms with Crippen LogP contribution >= 0.6 is 23.1 Å². The van der Waals surface area contributed by atoms with Crippen molar-refractivity contribution in [2.45, 2.75) is 143 Å². The van der Waals surface area contributed by atoms with Crippen molar-refractivity contribution in [1.29, 1.82) is 0 Å². The molecule has 0 bridgehead atoms. The van der Waals surface area contributed by atoms with Crippen LogP contribution in [0, 0.1) is 0 Å². The average molecular weight is 797 g/mol. The number of nitrogens with zero attached hydrogens (tertiary/aromatic N) is 1. The Morgan fingerprint density at radius 2 is 1.75 bits per heavy atom. The number of nitrogens with one attached hydrogen (secondary N) is 3. The summed E-state index contributed by atoms with van der Waals surface area (Å²) in [5.41, 5.74) is -0.747. The van der Waals surface area contributed by atoms with Crippen molar-refractivity contribution < 1.29 is 43.0 Å². The van der Waals surface area contributed by atoms with Gasteiger partial charge in [-0.1, -0.05) is 76.2 Å². The standard InChI is InChI=1S/C37H60N4O9S2Si/c1-10-12-13-14-15-19-32(43)51-21-17-16-18-27(23-31(42)48-20-22-53(7,8)9)49-35(46)26(3)39-33(44)28(11-2)41-34(45)29-25-52-30(40-29)24-38-36(47)50-37(4,5)6/h11,16,18,25-27H,10,12-15,17,19-24H2,1-9H3,(H,38,47)(H,39,44)(H,41,45)/b18-16+,28-11-/t26-,27+/m0/s1. The highest BCUT2D eigenvalue weighted by Gasteiger charge is 2.25. The van der Waals surface area contributed by atoms with Gasteiger partial charge in [0.25, 0.3) is 11.8 Å². The van der Waals surface area contributed by atoms with Gasteiger partial charge in [-0.25, -0.2) is 14.6 Å². The lowest BCUT2D eigenvalue weighted by Crippen LogP contribution is -2.44. The van der Waals surface area contributed by atoms with Crippen LogP contribution in [0.25, 0.3) is 0 Å². The second-order valence-electron chi connectivity index (χ2n) is 14.6. The van der Waals surface area contributed by atoms with Gasteiger partial charge in [0.15, 0.2) is 5.12 Å². The summed E-state index contributed by atoms with van der Waals surface area (Å²) in [6.07, 6.45) is 9.45. The van der Waals surface area contributed by atoms with Crippen LogP contribution in [0.1, 0.15) is 108 Å². The Morgan fingerprint density at radius 3 is 2.40 bits per heavy atom. The molecule has 2 atom stereocenters. The van der Waals surface area contributed by atoms with Gasteiger partial charge in [-0.3, -0.25) is 19.2 Å². The largest absolute Gasteiger partial charge is 0.466 e. The zero-order valence-corrected chi connectivity index (χ0v) is 35.5. The van der Waals surface area contributed by atoms with Gasteiger partial charge in [-0.2, -0.15) is 0 Å². The molecule has 3 amide bonds. The Kier molecular flexibility index (Phi) is 22.2. The zero-order valence-electron chi connectivity index (χ0n) is 32.9. The normalized spacial score (nSPS) is 13.2. The van der Waals surface area contributed by atoms with E-state index >= 15 is 0 Å². The number of thiazole rings is 1. The maximum Gasteiger partial charge on any atom is 0.408 e. The lowest BCUT2D eigenvalue weighted by atomic mass is 10.1. The molecule has 53 heavy (non-hydrogen) atoms. The van der Waals surface area contributed by atoms with Crippen LogP contribution in [-0.2, 0) is 39.9 Å². The Bertz CT molecular complexity index is 1420. The van der Waals surface area contributed by atoms with Gasteiger partial charge in [-0.15, -0.1) is 11.3 Å². The molecule has 3 N–H and O–H groups in total. The quantitative estimate of drug-likeness (QED) is 0.0258. The SMILES string of the molecule is C/C=C(\NC(=O)c1csc(CNC(=O)OC(C)(C)C)n1)C(=O)N[C@@H](C)C(=O)O[C@H](/C=C/CCSC(=O)CCCCCCC)CC(=O)OCC[Si](C)(C)C. The summed E-state index contributed by atoms with van der Waals surface area (Å²) in [6, 6.07) is -0.339. The summed E-state index contributed by atoms with van der Waals surface area (Å²) in [5, 5.41) is 9.67. The van der Waals surface area contributed by atoms with E-state index in [1.54, 1.807) is 39.8 Å². The summed E-state index contributed by atoms with van der Waals surface area (Å²) >= 11 is 2.41. The molecule has 0 aromatic carbocycles. The van der Waals surface area contributed by atoms with Crippen molar-refractivity contribution in [3.63, 3.8) is 0 Å². The summed E-state index contributed by atoms with van der Waals surface area (Å²) in [4.78, 5) is 80.0. The second kappa shape index (κ2) is 24.7. The van der Waals surface area contributed by atoms with E-state index < -0.39 is 55.7 Å². The van der Waals surface area contributed by atoms with Gasteiger partial charge in [-0.05, 0) is 59.6 Å². The number of aromatic nitrogens is 1. The van der Waals surface area contributed by atoms with Crippen molar-refractivity contribution in [3.05, 3.63) is 40.0 Å². The number of alkyl carbamates (subject to hydrolysis) is 1. The van der Waals surface area contributed by atoms with Crippen LogP contribution in [0.2, 0.25) is 25.7 Å². The Balaban J connectivity index is 2.77. The van der Waals surface area contributed by atoms with Crippen molar-refractivity contribution in [3.8, 4) is 0 Å². The molecule has 0 saturated heterocycles. The average Bonchev–Trinajstić information content (AvgIpc) is 3.53. The highest BCUT2D eigenvalue weighted by atomic mass is 32.2. The van der Waals surface area contributed by atoms with E-state index in [0.717, 1.165) is 43.1 Å². The number of hydrogen-bond acceptors (Lipinski definition) is 12. The zero-order chi connectivity index (χ0) is 40.0. The molecule has 0 aliphatic carbocycles. The molecule has 298 valence electrons. The first-order valence-corrected chi connectivity index (χ1v) is 23.8. The maximum atomic E-state index is 13.1. The molecule has 0 aliphatic heterocycles. The maximum absolute atomic E-state index is 13.1. The van der Waals surface area contributed by atoms with Crippen LogP contribution in [-0.4, -0.2) is 78.1 Å². The smallest absolute Gasteiger partial charge is 0.408 e. The molecular weight excluding hydrogens is 737 g/mol. The van der Waals surface area contributed by atoms with E-state index in [1.807, 2.05) is 0 Å². The van der Waals surface area contributed by atoms with Gasteiger partial charge < -0.3 is 30.2 Å². The molecule has 1 heterocycles. The molecule has 0 aliphatic rings. The number of amides is 3. The van der Waals surface area contributed by atoms with Gasteiger partial charge in [0.05, 0.1) is 19.6 Å². The summed E-state index contributed by atoms with van der Waals surface area (Å²) < 4.78 is 16.2. The molecule has 16 heteroatoms. The molecular formula is C37H60N4O9S2Si. The molecule has 0 unspecified atom stereocenters. The molecule has 0 saturated carbocycles. The first-order chi connectivity index (χ1) is 24.8. The predicted molar refractivity (Wildman–Crippen MR) is 212 cm³/mol. The van der Waals surface area contributed by atoms with Crippen LogP contribution in [0.15, 0.2) is 29.3 Å². The number of esters is 2. The molecule has 13 nitrogen and oxygen atoms in total. The second-order valence-corrected chi connectivity index (χ2v) is 22.4. The van der Waals surface area contributed by atoms with E-state index in [0.29, 0.717) is 23.6 Å². The minimum atomic E-state index is -1.43. The topological polar surface area (TPSA) is 179 Å². The summed E-state index contributed by atoms with van der Waals surface area (Å²) in [6.45, 7) is 17.2. The Morgan fingerprint density at radius 1 is 1.06 bits per heavy atom.